The highest BCUT2D eigenvalue weighted by Gasteiger charge is 2.15. The maximum atomic E-state index is 5.26. The van der Waals surface area contributed by atoms with E-state index in [9.17, 15) is 0 Å². The van der Waals surface area contributed by atoms with Crippen LogP contribution in [0.25, 0.3) is 0 Å². The zero-order valence-corrected chi connectivity index (χ0v) is 6.68. The predicted molar refractivity (Wildman–Crippen MR) is 42.0 cm³/mol. The Morgan fingerprint density at radius 2 is 2.00 bits per heavy atom. The largest absolute Gasteiger partial charge is 0.454 e. The van der Waals surface area contributed by atoms with E-state index >= 15 is 0 Å². The van der Waals surface area contributed by atoms with Crippen molar-refractivity contribution >= 4 is 0 Å². The van der Waals surface area contributed by atoms with E-state index in [0.29, 0.717) is 6.79 Å². The minimum absolute atomic E-state index is 0.361. The van der Waals surface area contributed by atoms with Crippen LogP contribution < -0.4 is 9.47 Å². The van der Waals surface area contributed by atoms with Crippen molar-refractivity contribution in [1.29, 1.82) is 0 Å². The van der Waals surface area contributed by atoms with Gasteiger partial charge >= 0.3 is 0 Å². The van der Waals surface area contributed by atoms with E-state index in [2.05, 4.69) is 13.0 Å². The van der Waals surface area contributed by atoms with E-state index in [4.69, 9.17) is 9.47 Å². The van der Waals surface area contributed by atoms with Crippen LogP contribution in [-0.4, -0.2) is 6.79 Å². The third-order valence-electron chi connectivity index (χ3n) is 1.80. The van der Waals surface area contributed by atoms with Gasteiger partial charge in [-0.1, -0.05) is 6.07 Å². The summed E-state index contributed by atoms with van der Waals surface area (Å²) < 4.78 is 10.5. The van der Waals surface area contributed by atoms with Crippen LogP contribution >= 0.6 is 0 Å². The average molecular weight is 150 g/mol. The SMILES string of the molecule is Cc1cc(C)c2c(c1)OCO2. The van der Waals surface area contributed by atoms with Gasteiger partial charge in [-0.15, -0.1) is 0 Å². The van der Waals surface area contributed by atoms with Crippen molar-refractivity contribution in [2.45, 2.75) is 13.8 Å². The zero-order valence-electron chi connectivity index (χ0n) is 6.68. The van der Waals surface area contributed by atoms with Gasteiger partial charge in [-0.05, 0) is 31.0 Å². The van der Waals surface area contributed by atoms with E-state index in [-0.39, 0.29) is 0 Å². The van der Waals surface area contributed by atoms with Crippen molar-refractivity contribution in [2.24, 2.45) is 0 Å². The summed E-state index contributed by atoms with van der Waals surface area (Å²) in [6, 6.07) is 4.09. The van der Waals surface area contributed by atoms with Gasteiger partial charge < -0.3 is 9.47 Å². The average Bonchev–Trinajstić information content (AvgIpc) is 2.34. The van der Waals surface area contributed by atoms with Crippen molar-refractivity contribution in [3.05, 3.63) is 23.3 Å². The molecule has 0 atom stereocenters. The quantitative estimate of drug-likeness (QED) is 0.563. The Morgan fingerprint density at radius 3 is 2.82 bits per heavy atom. The lowest BCUT2D eigenvalue weighted by atomic mass is 10.1. The highest BCUT2D eigenvalue weighted by Crippen LogP contribution is 2.35. The molecule has 2 rings (SSSR count). The Morgan fingerprint density at radius 1 is 1.18 bits per heavy atom. The molecule has 0 spiro atoms. The number of aryl methyl sites for hydroxylation is 2. The highest BCUT2D eigenvalue weighted by molar-refractivity contribution is 5.49. The summed E-state index contributed by atoms with van der Waals surface area (Å²) in [4.78, 5) is 0. The zero-order chi connectivity index (χ0) is 7.84. The molecule has 0 aliphatic carbocycles. The van der Waals surface area contributed by atoms with Crippen LogP contribution in [0.2, 0.25) is 0 Å². The molecule has 1 aromatic rings. The number of fused-ring (bicyclic) bond motifs is 1. The Labute approximate surface area is 65.7 Å². The fourth-order valence-corrected chi connectivity index (χ4v) is 1.36. The van der Waals surface area contributed by atoms with Gasteiger partial charge in [0.2, 0.25) is 6.79 Å². The maximum Gasteiger partial charge on any atom is 0.231 e. The molecular weight excluding hydrogens is 140 g/mol. The standard InChI is InChI=1S/C9H10O2/c1-6-3-7(2)9-8(4-6)10-5-11-9/h3-4H,5H2,1-2H3. The van der Waals surface area contributed by atoms with Gasteiger partial charge in [0.15, 0.2) is 11.5 Å². The molecule has 0 N–H and O–H groups in total. The van der Waals surface area contributed by atoms with Crippen LogP contribution in [-0.2, 0) is 0 Å². The Bertz CT molecular complexity index is 292. The summed E-state index contributed by atoms with van der Waals surface area (Å²) in [5.74, 6) is 1.78. The number of benzene rings is 1. The first-order valence-electron chi connectivity index (χ1n) is 3.64. The van der Waals surface area contributed by atoms with Crippen LogP contribution in [0.4, 0.5) is 0 Å². The molecule has 0 fully saturated rings. The maximum absolute atomic E-state index is 5.26. The van der Waals surface area contributed by atoms with Crippen molar-refractivity contribution in [3.8, 4) is 11.5 Å². The van der Waals surface area contributed by atoms with Gasteiger partial charge in [0.25, 0.3) is 0 Å². The first kappa shape index (κ1) is 6.53. The third-order valence-corrected chi connectivity index (χ3v) is 1.80. The lowest BCUT2D eigenvalue weighted by molar-refractivity contribution is 0.173. The monoisotopic (exact) mass is 150 g/mol. The minimum Gasteiger partial charge on any atom is -0.454 e. The molecular formula is C9H10O2. The van der Waals surface area contributed by atoms with Gasteiger partial charge in [-0.3, -0.25) is 0 Å². The van der Waals surface area contributed by atoms with Crippen LogP contribution in [0.5, 0.6) is 11.5 Å². The molecule has 0 unspecified atom stereocenters. The summed E-state index contributed by atoms with van der Waals surface area (Å²) >= 11 is 0. The van der Waals surface area contributed by atoms with Crippen molar-refractivity contribution in [3.63, 3.8) is 0 Å². The first-order chi connectivity index (χ1) is 5.27. The first-order valence-corrected chi connectivity index (χ1v) is 3.64. The molecule has 1 heterocycles. The van der Waals surface area contributed by atoms with E-state index in [1.165, 1.54) is 5.56 Å². The summed E-state index contributed by atoms with van der Waals surface area (Å²) in [5.41, 5.74) is 2.37. The van der Waals surface area contributed by atoms with Gasteiger partial charge in [-0.25, -0.2) is 0 Å². The van der Waals surface area contributed by atoms with E-state index < -0.39 is 0 Å². The molecule has 0 saturated heterocycles. The second-order valence-corrected chi connectivity index (χ2v) is 2.82. The van der Waals surface area contributed by atoms with Gasteiger partial charge in [0, 0.05) is 0 Å². The lowest BCUT2D eigenvalue weighted by Crippen LogP contribution is -1.93. The van der Waals surface area contributed by atoms with E-state index in [0.717, 1.165) is 17.1 Å². The Hall–Kier alpha value is -1.18. The molecule has 1 aromatic carbocycles. The fraction of sp³-hybridized carbons (Fsp3) is 0.333. The topological polar surface area (TPSA) is 18.5 Å². The second-order valence-electron chi connectivity index (χ2n) is 2.82. The number of ether oxygens (including phenoxy) is 2. The molecule has 2 nitrogen and oxygen atoms in total. The molecule has 58 valence electrons. The minimum atomic E-state index is 0.361. The molecule has 0 aromatic heterocycles. The van der Waals surface area contributed by atoms with Crippen molar-refractivity contribution in [1.82, 2.24) is 0 Å². The molecule has 1 aliphatic rings. The molecule has 0 amide bonds. The van der Waals surface area contributed by atoms with Gasteiger partial charge in [0.05, 0.1) is 0 Å². The van der Waals surface area contributed by atoms with Crippen LogP contribution in [0.1, 0.15) is 11.1 Å². The van der Waals surface area contributed by atoms with E-state index in [1.54, 1.807) is 0 Å². The smallest absolute Gasteiger partial charge is 0.231 e. The van der Waals surface area contributed by atoms with Crippen LogP contribution in [0, 0.1) is 13.8 Å². The third kappa shape index (κ3) is 0.946. The molecule has 0 radical (unpaired) electrons. The van der Waals surface area contributed by atoms with Gasteiger partial charge in [0.1, 0.15) is 0 Å². The molecule has 2 heteroatoms. The van der Waals surface area contributed by atoms with E-state index in [1.807, 2.05) is 13.0 Å². The molecule has 0 saturated carbocycles. The van der Waals surface area contributed by atoms with Crippen molar-refractivity contribution in [2.75, 3.05) is 6.79 Å². The molecule has 11 heavy (non-hydrogen) atoms. The number of hydrogen-bond acceptors (Lipinski definition) is 2. The Kier molecular flexibility index (Phi) is 1.28. The highest BCUT2D eigenvalue weighted by atomic mass is 16.7. The summed E-state index contributed by atoms with van der Waals surface area (Å²) in [7, 11) is 0. The van der Waals surface area contributed by atoms with Gasteiger partial charge in [-0.2, -0.15) is 0 Å². The Balaban J connectivity index is 2.60. The fourth-order valence-electron chi connectivity index (χ4n) is 1.36. The summed E-state index contributed by atoms with van der Waals surface area (Å²) in [5, 5.41) is 0. The molecule has 1 aliphatic heterocycles. The normalized spacial score (nSPS) is 13.6. The molecule has 0 bridgehead atoms. The second kappa shape index (κ2) is 2.16. The summed E-state index contributed by atoms with van der Waals surface area (Å²) in [6.45, 7) is 4.44. The number of rotatable bonds is 0. The predicted octanol–water partition coefficient (Wildman–Crippen LogP) is 2.03. The number of hydrogen-bond donors (Lipinski definition) is 0. The van der Waals surface area contributed by atoms with Crippen LogP contribution in [0.3, 0.4) is 0 Å². The summed E-state index contributed by atoms with van der Waals surface area (Å²) in [6.07, 6.45) is 0. The van der Waals surface area contributed by atoms with Crippen molar-refractivity contribution < 1.29 is 9.47 Å². The van der Waals surface area contributed by atoms with Crippen LogP contribution in [0.15, 0.2) is 12.1 Å². The lowest BCUT2D eigenvalue weighted by Gasteiger charge is -2.00.